The quantitative estimate of drug-likeness (QED) is 0.865. The second-order valence-corrected chi connectivity index (χ2v) is 5.26. The fraction of sp³-hybridized carbons (Fsp3) is 0.533. The number of piperidine rings is 1. The summed E-state index contributed by atoms with van der Waals surface area (Å²) in [4.78, 5) is 14.2. The molecule has 0 bridgehead atoms. The van der Waals surface area contributed by atoms with Crippen molar-refractivity contribution in [3.05, 3.63) is 29.8 Å². The van der Waals surface area contributed by atoms with Gasteiger partial charge in [-0.3, -0.25) is 4.79 Å². The lowest BCUT2D eigenvalue weighted by molar-refractivity contribution is 0.0952. The molecule has 114 valence electrons. The zero-order chi connectivity index (χ0) is 13.0. The largest absolute Gasteiger partial charge is 0.378 e. The molecule has 0 amide bonds. The third-order valence-electron chi connectivity index (χ3n) is 3.64. The molecule has 1 saturated heterocycles. The molecule has 0 atom stereocenters. The Bertz CT molecular complexity index is 401. The highest BCUT2D eigenvalue weighted by Crippen LogP contribution is 2.20. The van der Waals surface area contributed by atoms with E-state index in [4.69, 9.17) is 0 Å². The van der Waals surface area contributed by atoms with Crippen LogP contribution in [0.3, 0.4) is 0 Å². The van der Waals surface area contributed by atoms with Gasteiger partial charge >= 0.3 is 0 Å². The maximum atomic E-state index is 12.2. The first-order valence-corrected chi connectivity index (χ1v) is 6.68. The Morgan fingerprint density at radius 2 is 1.70 bits per heavy atom. The summed E-state index contributed by atoms with van der Waals surface area (Å²) in [6, 6.07) is 7.91. The molecule has 0 radical (unpaired) electrons. The van der Waals surface area contributed by atoms with E-state index >= 15 is 0 Å². The molecule has 1 N–H and O–H groups in total. The minimum absolute atomic E-state index is 0. The van der Waals surface area contributed by atoms with Crippen LogP contribution >= 0.6 is 24.8 Å². The van der Waals surface area contributed by atoms with E-state index in [0.717, 1.165) is 37.2 Å². The Kier molecular flexibility index (Phi) is 8.86. The van der Waals surface area contributed by atoms with Crippen molar-refractivity contribution in [1.29, 1.82) is 0 Å². The van der Waals surface area contributed by atoms with Gasteiger partial charge in [0.05, 0.1) is 0 Å². The number of ketones is 1. The number of nitrogens with zero attached hydrogens (tertiary/aromatic N) is 1. The number of halogens is 2. The fourth-order valence-electron chi connectivity index (χ4n) is 2.41. The van der Waals surface area contributed by atoms with E-state index in [0.29, 0.717) is 12.3 Å². The van der Waals surface area contributed by atoms with Crippen molar-refractivity contribution in [2.45, 2.75) is 19.3 Å². The van der Waals surface area contributed by atoms with Crippen LogP contribution in [0.2, 0.25) is 0 Å². The number of anilines is 1. The molecule has 0 unspecified atom stereocenters. The fourth-order valence-corrected chi connectivity index (χ4v) is 2.41. The Labute approximate surface area is 133 Å². The van der Waals surface area contributed by atoms with Crippen molar-refractivity contribution in [3.63, 3.8) is 0 Å². The van der Waals surface area contributed by atoms with Crippen LogP contribution in [0.5, 0.6) is 0 Å². The Morgan fingerprint density at radius 3 is 2.20 bits per heavy atom. The van der Waals surface area contributed by atoms with Crippen LogP contribution < -0.4 is 10.2 Å². The molecule has 1 fully saturated rings. The van der Waals surface area contributed by atoms with Gasteiger partial charge in [0.15, 0.2) is 5.78 Å². The van der Waals surface area contributed by atoms with E-state index < -0.39 is 0 Å². The zero-order valence-corrected chi connectivity index (χ0v) is 13.7. The first kappa shape index (κ1) is 19.2. The van der Waals surface area contributed by atoms with E-state index in [1.54, 1.807) is 0 Å². The van der Waals surface area contributed by atoms with Gasteiger partial charge in [0.25, 0.3) is 0 Å². The van der Waals surface area contributed by atoms with Crippen molar-refractivity contribution >= 4 is 36.3 Å². The highest BCUT2D eigenvalue weighted by Gasteiger charge is 2.17. The van der Waals surface area contributed by atoms with Crippen LogP contribution in [0.25, 0.3) is 0 Å². The van der Waals surface area contributed by atoms with Gasteiger partial charge in [-0.2, -0.15) is 0 Å². The number of carbonyl (C=O) groups is 1. The molecule has 0 aromatic heterocycles. The Hall–Kier alpha value is -0.770. The van der Waals surface area contributed by atoms with Crippen LogP contribution in [0.4, 0.5) is 5.69 Å². The van der Waals surface area contributed by atoms with Gasteiger partial charge < -0.3 is 10.2 Å². The molecule has 0 saturated carbocycles. The third-order valence-corrected chi connectivity index (χ3v) is 3.64. The van der Waals surface area contributed by atoms with Gasteiger partial charge in [-0.05, 0) is 56.1 Å². The lowest BCUT2D eigenvalue weighted by Gasteiger charge is -2.21. The molecule has 5 heteroatoms. The highest BCUT2D eigenvalue weighted by atomic mass is 35.5. The number of Topliss-reactive ketones (excluding diaryl/α,β-unsaturated/α-hetero) is 1. The number of hydrogen-bond acceptors (Lipinski definition) is 3. The van der Waals surface area contributed by atoms with Crippen LogP contribution in [0, 0.1) is 5.92 Å². The number of nitrogens with one attached hydrogen (secondary N) is 1. The Morgan fingerprint density at radius 1 is 1.15 bits per heavy atom. The van der Waals surface area contributed by atoms with Crippen LogP contribution in [-0.4, -0.2) is 33.0 Å². The molecule has 2 rings (SSSR count). The monoisotopic (exact) mass is 318 g/mol. The molecular weight excluding hydrogens is 295 g/mol. The minimum atomic E-state index is 0. The summed E-state index contributed by atoms with van der Waals surface area (Å²) >= 11 is 0. The molecule has 1 heterocycles. The van der Waals surface area contributed by atoms with Crippen molar-refractivity contribution in [2.24, 2.45) is 5.92 Å². The SMILES string of the molecule is CN(C)c1ccc(C(=O)CC2CCNCC2)cc1.Cl.Cl. The second kappa shape index (κ2) is 9.22. The standard InChI is InChI=1S/C15H22N2O.2ClH/c1-17(2)14-5-3-13(4-6-14)15(18)11-12-7-9-16-10-8-12;;/h3-6,12,16H,7-11H2,1-2H3;2*1H. The van der Waals surface area contributed by atoms with E-state index in [9.17, 15) is 4.79 Å². The van der Waals surface area contributed by atoms with Crippen LogP contribution in [0.1, 0.15) is 29.6 Å². The Balaban J connectivity index is 0.00000180. The molecule has 1 aromatic rings. The summed E-state index contributed by atoms with van der Waals surface area (Å²) in [6.45, 7) is 2.11. The lowest BCUT2D eigenvalue weighted by atomic mass is 9.90. The van der Waals surface area contributed by atoms with E-state index in [-0.39, 0.29) is 30.6 Å². The smallest absolute Gasteiger partial charge is 0.163 e. The third kappa shape index (κ3) is 5.31. The first-order chi connectivity index (χ1) is 8.66. The van der Waals surface area contributed by atoms with Gasteiger partial charge in [0.2, 0.25) is 0 Å². The summed E-state index contributed by atoms with van der Waals surface area (Å²) < 4.78 is 0. The topological polar surface area (TPSA) is 32.3 Å². The van der Waals surface area contributed by atoms with Gasteiger partial charge in [-0.15, -0.1) is 24.8 Å². The predicted octanol–water partition coefficient (Wildman–Crippen LogP) is 3.17. The lowest BCUT2D eigenvalue weighted by Crippen LogP contribution is -2.28. The predicted molar refractivity (Wildman–Crippen MR) is 89.8 cm³/mol. The highest BCUT2D eigenvalue weighted by molar-refractivity contribution is 5.96. The average molecular weight is 319 g/mol. The average Bonchev–Trinajstić information content (AvgIpc) is 2.40. The van der Waals surface area contributed by atoms with E-state index in [1.165, 1.54) is 0 Å². The summed E-state index contributed by atoms with van der Waals surface area (Å²) in [5, 5.41) is 3.33. The van der Waals surface area contributed by atoms with Crippen molar-refractivity contribution in [2.75, 3.05) is 32.1 Å². The van der Waals surface area contributed by atoms with Crippen molar-refractivity contribution < 1.29 is 4.79 Å². The van der Waals surface area contributed by atoms with Gasteiger partial charge in [0.1, 0.15) is 0 Å². The van der Waals surface area contributed by atoms with Gasteiger partial charge in [0, 0.05) is 31.8 Å². The summed E-state index contributed by atoms with van der Waals surface area (Å²) in [5.74, 6) is 0.847. The van der Waals surface area contributed by atoms with E-state index in [1.807, 2.05) is 43.3 Å². The van der Waals surface area contributed by atoms with E-state index in [2.05, 4.69) is 5.32 Å². The molecule has 20 heavy (non-hydrogen) atoms. The number of rotatable bonds is 4. The zero-order valence-electron chi connectivity index (χ0n) is 12.1. The maximum Gasteiger partial charge on any atom is 0.163 e. The van der Waals surface area contributed by atoms with Crippen LogP contribution in [-0.2, 0) is 0 Å². The molecule has 1 aromatic carbocycles. The first-order valence-electron chi connectivity index (χ1n) is 6.68. The molecule has 0 spiro atoms. The van der Waals surface area contributed by atoms with Gasteiger partial charge in [-0.25, -0.2) is 0 Å². The molecule has 1 aliphatic rings. The summed E-state index contributed by atoms with van der Waals surface area (Å²) in [5.41, 5.74) is 1.98. The summed E-state index contributed by atoms with van der Waals surface area (Å²) in [6.07, 6.45) is 2.95. The molecular formula is C15H24Cl2N2O. The maximum absolute atomic E-state index is 12.2. The second-order valence-electron chi connectivity index (χ2n) is 5.26. The molecule has 1 aliphatic heterocycles. The van der Waals surface area contributed by atoms with Crippen molar-refractivity contribution in [1.82, 2.24) is 5.32 Å². The molecule has 0 aliphatic carbocycles. The minimum Gasteiger partial charge on any atom is -0.378 e. The number of benzene rings is 1. The summed E-state index contributed by atoms with van der Waals surface area (Å²) in [7, 11) is 4.01. The normalized spacial score (nSPS) is 14.9. The van der Waals surface area contributed by atoms with Gasteiger partial charge in [-0.1, -0.05) is 0 Å². The number of carbonyl (C=O) groups excluding carboxylic acids is 1. The van der Waals surface area contributed by atoms with Crippen molar-refractivity contribution in [3.8, 4) is 0 Å². The van der Waals surface area contributed by atoms with Crippen LogP contribution in [0.15, 0.2) is 24.3 Å². The number of hydrogen-bond donors (Lipinski definition) is 1. The molecule has 3 nitrogen and oxygen atoms in total.